The molecule has 0 saturated heterocycles. The summed E-state index contributed by atoms with van der Waals surface area (Å²) in [4.78, 5) is 0. The highest BCUT2D eigenvalue weighted by Gasteiger charge is 2.26. The van der Waals surface area contributed by atoms with Crippen molar-refractivity contribution in [2.45, 2.75) is 63.3 Å². The van der Waals surface area contributed by atoms with Crippen LogP contribution in [0.3, 0.4) is 0 Å². The second kappa shape index (κ2) is 6.56. The van der Waals surface area contributed by atoms with Crippen LogP contribution in [0.4, 0.5) is 0 Å². The first-order chi connectivity index (χ1) is 9.43. The summed E-state index contributed by atoms with van der Waals surface area (Å²) in [5.41, 5.74) is 1.54. The van der Waals surface area contributed by atoms with Crippen LogP contribution in [0.25, 0.3) is 0 Å². The molecule has 0 amide bonds. The minimum atomic E-state index is 0.719. The Hall–Kier alpha value is -0.820. The predicted octanol–water partition coefficient (Wildman–Crippen LogP) is 4.49. The van der Waals surface area contributed by atoms with Crippen molar-refractivity contribution in [3.8, 4) is 0 Å². The molecule has 104 valence electrons. The van der Waals surface area contributed by atoms with E-state index in [1.165, 1.54) is 57.9 Å². The van der Waals surface area contributed by atoms with Crippen molar-refractivity contribution in [2.75, 3.05) is 6.54 Å². The molecule has 1 aromatic carbocycles. The Morgan fingerprint density at radius 3 is 2.42 bits per heavy atom. The Kier molecular flexibility index (Phi) is 4.55. The van der Waals surface area contributed by atoms with E-state index in [0.717, 1.165) is 17.9 Å². The van der Waals surface area contributed by atoms with Gasteiger partial charge in [-0.05, 0) is 43.2 Å². The minimum absolute atomic E-state index is 0.719. The van der Waals surface area contributed by atoms with Gasteiger partial charge in [-0.3, -0.25) is 0 Å². The van der Waals surface area contributed by atoms with E-state index in [2.05, 4.69) is 35.6 Å². The Morgan fingerprint density at radius 1 is 0.895 bits per heavy atom. The van der Waals surface area contributed by atoms with Crippen molar-refractivity contribution in [3.63, 3.8) is 0 Å². The van der Waals surface area contributed by atoms with Crippen LogP contribution in [0.1, 0.15) is 62.8 Å². The molecule has 0 radical (unpaired) electrons. The number of rotatable bonds is 5. The standard InChI is InChI=1S/C18H27N/c1-2-9-16(10-3-1)17-11-4-5-12-18(17)19-14-13-15-7-6-8-15/h1-3,9-10,15,17-19H,4-8,11-14H2. The van der Waals surface area contributed by atoms with Crippen LogP contribution in [0.5, 0.6) is 0 Å². The highest BCUT2D eigenvalue weighted by Crippen LogP contribution is 2.33. The molecule has 1 N–H and O–H groups in total. The fourth-order valence-electron chi connectivity index (χ4n) is 3.73. The third kappa shape index (κ3) is 3.39. The van der Waals surface area contributed by atoms with Gasteiger partial charge in [-0.2, -0.15) is 0 Å². The molecular formula is C18H27N. The molecule has 0 heterocycles. The van der Waals surface area contributed by atoms with Crippen LogP contribution < -0.4 is 5.32 Å². The quantitative estimate of drug-likeness (QED) is 0.819. The van der Waals surface area contributed by atoms with Gasteiger partial charge in [0.05, 0.1) is 0 Å². The van der Waals surface area contributed by atoms with Crippen molar-refractivity contribution in [3.05, 3.63) is 35.9 Å². The lowest BCUT2D eigenvalue weighted by Gasteiger charge is -2.34. The molecule has 1 aromatic rings. The van der Waals surface area contributed by atoms with Gasteiger partial charge in [0, 0.05) is 6.04 Å². The van der Waals surface area contributed by atoms with Crippen molar-refractivity contribution < 1.29 is 0 Å². The van der Waals surface area contributed by atoms with Gasteiger partial charge in [0.25, 0.3) is 0 Å². The fraction of sp³-hybridized carbons (Fsp3) is 0.667. The van der Waals surface area contributed by atoms with E-state index in [1.807, 2.05) is 0 Å². The normalized spacial score (nSPS) is 28.0. The average Bonchev–Trinajstić information content (AvgIpc) is 2.43. The molecule has 0 bridgehead atoms. The maximum absolute atomic E-state index is 3.87. The summed E-state index contributed by atoms with van der Waals surface area (Å²) >= 11 is 0. The van der Waals surface area contributed by atoms with E-state index in [1.54, 1.807) is 5.56 Å². The molecule has 2 aliphatic rings. The summed E-state index contributed by atoms with van der Waals surface area (Å²) in [5.74, 6) is 1.78. The first kappa shape index (κ1) is 13.2. The fourth-order valence-corrected chi connectivity index (χ4v) is 3.73. The lowest BCUT2D eigenvalue weighted by Crippen LogP contribution is -2.38. The molecule has 2 aliphatic carbocycles. The predicted molar refractivity (Wildman–Crippen MR) is 81.4 cm³/mol. The van der Waals surface area contributed by atoms with Crippen LogP contribution in [0.2, 0.25) is 0 Å². The molecule has 3 rings (SSSR count). The minimum Gasteiger partial charge on any atom is -0.313 e. The van der Waals surface area contributed by atoms with Crippen LogP contribution >= 0.6 is 0 Å². The third-order valence-corrected chi connectivity index (χ3v) is 5.18. The van der Waals surface area contributed by atoms with Crippen molar-refractivity contribution in [1.82, 2.24) is 5.32 Å². The average molecular weight is 257 g/mol. The van der Waals surface area contributed by atoms with Crippen molar-refractivity contribution in [2.24, 2.45) is 5.92 Å². The lowest BCUT2D eigenvalue weighted by atomic mass is 9.79. The molecule has 19 heavy (non-hydrogen) atoms. The van der Waals surface area contributed by atoms with Gasteiger partial charge in [0.2, 0.25) is 0 Å². The molecule has 1 nitrogen and oxygen atoms in total. The van der Waals surface area contributed by atoms with E-state index in [4.69, 9.17) is 0 Å². The summed E-state index contributed by atoms with van der Waals surface area (Å²) in [6, 6.07) is 11.9. The summed E-state index contributed by atoms with van der Waals surface area (Å²) < 4.78 is 0. The van der Waals surface area contributed by atoms with Gasteiger partial charge in [-0.15, -0.1) is 0 Å². The first-order valence-corrected chi connectivity index (χ1v) is 8.22. The summed E-state index contributed by atoms with van der Waals surface area (Å²) in [7, 11) is 0. The van der Waals surface area contributed by atoms with Crippen LogP contribution in [0, 0.1) is 5.92 Å². The smallest absolute Gasteiger partial charge is 0.0136 e. The highest BCUT2D eigenvalue weighted by molar-refractivity contribution is 5.21. The largest absolute Gasteiger partial charge is 0.313 e. The molecule has 0 spiro atoms. The maximum Gasteiger partial charge on any atom is 0.0136 e. The van der Waals surface area contributed by atoms with E-state index in [-0.39, 0.29) is 0 Å². The van der Waals surface area contributed by atoms with Crippen molar-refractivity contribution in [1.29, 1.82) is 0 Å². The highest BCUT2D eigenvalue weighted by atomic mass is 14.9. The second-order valence-electron chi connectivity index (χ2n) is 6.45. The van der Waals surface area contributed by atoms with Gasteiger partial charge >= 0.3 is 0 Å². The summed E-state index contributed by atoms with van der Waals surface area (Å²) in [5, 5.41) is 3.87. The number of hydrogen-bond acceptors (Lipinski definition) is 1. The van der Waals surface area contributed by atoms with Gasteiger partial charge in [-0.1, -0.05) is 62.4 Å². The summed E-state index contributed by atoms with van der Waals surface area (Å²) in [6.07, 6.45) is 11.4. The van der Waals surface area contributed by atoms with E-state index in [9.17, 15) is 0 Å². The number of hydrogen-bond donors (Lipinski definition) is 1. The van der Waals surface area contributed by atoms with E-state index < -0.39 is 0 Å². The summed E-state index contributed by atoms with van der Waals surface area (Å²) in [6.45, 7) is 1.23. The maximum atomic E-state index is 3.87. The zero-order valence-electron chi connectivity index (χ0n) is 12.0. The molecule has 2 saturated carbocycles. The van der Waals surface area contributed by atoms with Crippen LogP contribution in [-0.2, 0) is 0 Å². The third-order valence-electron chi connectivity index (χ3n) is 5.18. The van der Waals surface area contributed by atoms with Crippen molar-refractivity contribution >= 4 is 0 Å². The van der Waals surface area contributed by atoms with Gasteiger partial charge in [-0.25, -0.2) is 0 Å². The first-order valence-electron chi connectivity index (χ1n) is 8.22. The molecule has 0 aliphatic heterocycles. The van der Waals surface area contributed by atoms with Gasteiger partial charge < -0.3 is 5.32 Å². The molecular weight excluding hydrogens is 230 g/mol. The van der Waals surface area contributed by atoms with E-state index >= 15 is 0 Å². The molecule has 1 heteroatoms. The molecule has 0 aromatic heterocycles. The van der Waals surface area contributed by atoms with Gasteiger partial charge in [0.1, 0.15) is 0 Å². The Bertz CT molecular complexity index is 369. The molecule has 2 unspecified atom stereocenters. The number of nitrogens with one attached hydrogen (secondary N) is 1. The monoisotopic (exact) mass is 257 g/mol. The Balaban J connectivity index is 1.54. The lowest BCUT2D eigenvalue weighted by molar-refractivity contribution is 0.269. The molecule has 2 fully saturated rings. The van der Waals surface area contributed by atoms with Crippen LogP contribution in [0.15, 0.2) is 30.3 Å². The zero-order chi connectivity index (χ0) is 12.9. The SMILES string of the molecule is c1ccc(C2CCCCC2NCCC2CCC2)cc1. The second-order valence-corrected chi connectivity index (χ2v) is 6.45. The van der Waals surface area contributed by atoms with Gasteiger partial charge in [0.15, 0.2) is 0 Å². The zero-order valence-corrected chi connectivity index (χ0v) is 12.0. The number of benzene rings is 1. The topological polar surface area (TPSA) is 12.0 Å². The Labute approximate surface area is 117 Å². The Morgan fingerprint density at radius 2 is 1.68 bits per heavy atom. The van der Waals surface area contributed by atoms with E-state index in [0.29, 0.717) is 0 Å². The molecule has 2 atom stereocenters. The van der Waals surface area contributed by atoms with Crippen LogP contribution in [-0.4, -0.2) is 12.6 Å².